The fourth-order valence-corrected chi connectivity index (χ4v) is 2.61. The van der Waals surface area contributed by atoms with Gasteiger partial charge in [0, 0.05) is 8.95 Å². The van der Waals surface area contributed by atoms with Gasteiger partial charge in [0.25, 0.3) is 0 Å². The van der Waals surface area contributed by atoms with Gasteiger partial charge in [-0.2, -0.15) is 0 Å². The summed E-state index contributed by atoms with van der Waals surface area (Å²) in [5, 5.41) is 0. The average Bonchev–Trinajstić information content (AvgIpc) is 2.16. The summed E-state index contributed by atoms with van der Waals surface area (Å²) in [6, 6.07) is 13.2. The first kappa shape index (κ1) is 10.8. The lowest BCUT2D eigenvalue weighted by atomic mass is 10.1. The quantitative estimate of drug-likeness (QED) is 0.704. The maximum Gasteiger partial charge on any atom is 0.123 e. The molecule has 0 bridgehead atoms. The second-order valence-electron chi connectivity index (χ2n) is 3.08. The zero-order valence-corrected chi connectivity index (χ0v) is 10.8. The first-order valence-electron chi connectivity index (χ1n) is 4.29. The van der Waals surface area contributed by atoms with E-state index in [1.165, 1.54) is 12.1 Å². The number of hydrogen-bond donors (Lipinski definition) is 0. The van der Waals surface area contributed by atoms with Crippen molar-refractivity contribution in [2.24, 2.45) is 0 Å². The smallest absolute Gasteiger partial charge is 0.123 e. The van der Waals surface area contributed by atoms with Gasteiger partial charge in [0.1, 0.15) is 5.82 Å². The topological polar surface area (TPSA) is 0 Å². The van der Waals surface area contributed by atoms with E-state index in [4.69, 9.17) is 0 Å². The third-order valence-electron chi connectivity index (χ3n) is 1.94. The van der Waals surface area contributed by atoms with Crippen LogP contribution in [0.5, 0.6) is 0 Å². The van der Waals surface area contributed by atoms with Gasteiger partial charge in [-0.3, -0.25) is 0 Å². The van der Waals surface area contributed by atoms with Crippen molar-refractivity contribution in [1.29, 1.82) is 0 Å². The molecule has 0 nitrogen and oxygen atoms in total. The van der Waals surface area contributed by atoms with Gasteiger partial charge >= 0.3 is 0 Å². The summed E-state index contributed by atoms with van der Waals surface area (Å²) in [4.78, 5) is 0. The highest BCUT2D eigenvalue weighted by Gasteiger charge is 2.02. The van der Waals surface area contributed by atoms with E-state index in [-0.39, 0.29) is 5.82 Å². The van der Waals surface area contributed by atoms with Crippen LogP contribution in [0.1, 0.15) is 0 Å². The van der Waals surface area contributed by atoms with Gasteiger partial charge in [0.05, 0.1) is 0 Å². The normalized spacial score (nSPS) is 10.3. The predicted molar refractivity (Wildman–Crippen MR) is 66.1 cm³/mol. The minimum Gasteiger partial charge on any atom is -0.207 e. The van der Waals surface area contributed by atoms with E-state index in [9.17, 15) is 4.39 Å². The molecule has 2 aromatic carbocycles. The minimum absolute atomic E-state index is 0.250. The lowest BCUT2D eigenvalue weighted by Crippen LogP contribution is -1.81. The molecule has 75 valence electrons. The molecule has 0 aromatic heterocycles. The van der Waals surface area contributed by atoms with Crippen LogP contribution in [-0.4, -0.2) is 0 Å². The van der Waals surface area contributed by atoms with Crippen molar-refractivity contribution in [1.82, 2.24) is 0 Å². The summed E-state index contributed by atoms with van der Waals surface area (Å²) in [5.41, 5.74) is 1.67. The van der Waals surface area contributed by atoms with Crippen LogP contribution in [0, 0.1) is 11.9 Å². The summed E-state index contributed by atoms with van der Waals surface area (Å²) >= 11 is 6.78. The first-order valence-corrected chi connectivity index (χ1v) is 5.87. The molecule has 0 unspecified atom stereocenters. The molecule has 0 aliphatic rings. The maximum absolute atomic E-state index is 13.0. The van der Waals surface area contributed by atoms with Gasteiger partial charge in [-0.25, -0.2) is 4.39 Å². The number of halogens is 3. The Labute approximate surface area is 104 Å². The highest BCUT2D eigenvalue weighted by molar-refractivity contribution is 9.11. The van der Waals surface area contributed by atoms with E-state index >= 15 is 0 Å². The Morgan fingerprint density at radius 2 is 1.67 bits per heavy atom. The van der Waals surface area contributed by atoms with Crippen LogP contribution in [-0.2, 0) is 0 Å². The molecule has 2 aromatic rings. The van der Waals surface area contributed by atoms with Gasteiger partial charge in [-0.1, -0.05) is 37.9 Å². The van der Waals surface area contributed by atoms with Gasteiger partial charge in [-0.15, -0.1) is 0 Å². The molecular weight excluding hydrogens is 323 g/mol. The Morgan fingerprint density at radius 3 is 2.27 bits per heavy atom. The van der Waals surface area contributed by atoms with Crippen molar-refractivity contribution < 1.29 is 4.39 Å². The molecule has 0 saturated heterocycles. The molecule has 2 rings (SSSR count). The molecule has 0 aliphatic carbocycles. The molecule has 0 atom stereocenters. The molecule has 0 fully saturated rings. The highest BCUT2D eigenvalue weighted by Crippen LogP contribution is 2.27. The molecule has 0 amide bonds. The highest BCUT2D eigenvalue weighted by atomic mass is 79.9. The van der Waals surface area contributed by atoms with Crippen molar-refractivity contribution in [3.05, 3.63) is 57.2 Å². The van der Waals surface area contributed by atoms with E-state index in [1.807, 2.05) is 18.2 Å². The standard InChI is InChI=1S/C12H6Br2F/c13-10-4-9(5-11(14)7-10)8-2-1-3-12(15)6-8/h1,3-7H. The van der Waals surface area contributed by atoms with Crippen LogP contribution in [0.3, 0.4) is 0 Å². The largest absolute Gasteiger partial charge is 0.207 e. The van der Waals surface area contributed by atoms with Crippen molar-refractivity contribution in [3.8, 4) is 11.1 Å². The Bertz CT molecular complexity index is 474. The Kier molecular flexibility index (Phi) is 3.22. The van der Waals surface area contributed by atoms with Gasteiger partial charge < -0.3 is 0 Å². The third-order valence-corrected chi connectivity index (χ3v) is 2.85. The summed E-state index contributed by atoms with van der Waals surface area (Å²) in [6.45, 7) is 0. The Morgan fingerprint density at radius 1 is 1.00 bits per heavy atom. The summed E-state index contributed by atoms with van der Waals surface area (Å²) < 4.78 is 14.9. The second kappa shape index (κ2) is 4.45. The van der Waals surface area contributed by atoms with Crippen molar-refractivity contribution >= 4 is 31.9 Å². The number of benzene rings is 2. The predicted octanol–water partition coefficient (Wildman–Crippen LogP) is 4.82. The van der Waals surface area contributed by atoms with Crippen molar-refractivity contribution in [3.63, 3.8) is 0 Å². The molecule has 0 aliphatic heterocycles. The van der Waals surface area contributed by atoms with E-state index in [1.54, 1.807) is 6.07 Å². The molecular formula is C12H6Br2F. The summed E-state index contributed by atoms with van der Waals surface area (Å²) in [6.07, 6.45) is 0. The zero-order chi connectivity index (χ0) is 10.8. The summed E-state index contributed by atoms with van der Waals surface area (Å²) in [7, 11) is 0. The van der Waals surface area contributed by atoms with Gasteiger partial charge in [-0.05, 0) is 47.5 Å². The van der Waals surface area contributed by atoms with Crippen LogP contribution in [0.4, 0.5) is 4.39 Å². The molecule has 15 heavy (non-hydrogen) atoms. The number of rotatable bonds is 1. The van der Waals surface area contributed by atoms with E-state index in [2.05, 4.69) is 37.9 Å². The van der Waals surface area contributed by atoms with Crippen LogP contribution in [0.15, 0.2) is 45.3 Å². The minimum atomic E-state index is -0.250. The molecule has 0 N–H and O–H groups in total. The molecule has 0 spiro atoms. The lowest BCUT2D eigenvalue weighted by Gasteiger charge is -2.03. The van der Waals surface area contributed by atoms with Crippen LogP contribution >= 0.6 is 31.9 Å². The van der Waals surface area contributed by atoms with E-state index in [0.29, 0.717) is 0 Å². The molecule has 3 heteroatoms. The van der Waals surface area contributed by atoms with Crippen LogP contribution < -0.4 is 0 Å². The van der Waals surface area contributed by atoms with E-state index in [0.717, 1.165) is 20.1 Å². The van der Waals surface area contributed by atoms with Crippen molar-refractivity contribution in [2.45, 2.75) is 0 Å². The van der Waals surface area contributed by atoms with Crippen LogP contribution in [0.2, 0.25) is 0 Å². The van der Waals surface area contributed by atoms with Gasteiger partial charge in [0.2, 0.25) is 0 Å². The maximum atomic E-state index is 13.0. The second-order valence-corrected chi connectivity index (χ2v) is 4.91. The molecule has 1 radical (unpaired) electrons. The van der Waals surface area contributed by atoms with Crippen molar-refractivity contribution in [2.75, 3.05) is 0 Å². The first-order chi connectivity index (χ1) is 7.15. The van der Waals surface area contributed by atoms with Crippen LogP contribution in [0.25, 0.3) is 11.1 Å². The van der Waals surface area contributed by atoms with Gasteiger partial charge in [0.15, 0.2) is 0 Å². The van der Waals surface area contributed by atoms with E-state index < -0.39 is 0 Å². The Balaban J connectivity index is 2.54. The SMILES string of the molecule is Fc1cc[c]c(-c2cc(Br)cc(Br)c2)c1. The molecule has 0 heterocycles. The average molecular weight is 329 g/mol. The third kappa shape index (κ3) is 2.67. The summed E-state index contributed by atoms with van der Waals surface area (Å²) in [5.74, 6) is -0.250. The lowest BCUT2D eigenvalue weighted by molar-refractivity contribution is 0.628. The fraction of sp³-hybridized carbons (Fsp3) is 0. The Hall–Kier alpha value is -0.670. The monoisotopic (exact) mass is 327 g/mol. The molecule has 0 saturated carbocycles. The number of hydrogen-bond acceptors (Lipinski definition) is 0. The fourth-order valence-electron chi connectivity index (χ4n) is 1.31. The zero-order valence-electron chi connectivity index (χ0n) is 7.60.